The molecule has 1 aromatic heterocycles. The first-order valence-corrected chi connectivity index (χ1v) is 6.81. The third kappa shape index (κ3) is 3.82. The molecule has 0 aliphatic rings. The third-order valence-electron chi connectivity index (χ3n) is 3.20. The summed E-state index contributed by atoms with van der Waals surface area (Å²) >= 11 is 0. The number of hydrogen-bond acceptors (Lipinski definition) is 5. The average Bonchev–Trinajstić information content (AvgIpc) is 2.92. The van der Waals surface area contributed by atoms with Crippen molar-refractivity contribution >= 4 is 11.7 Å². The van der Waals surface area contributed by atoms with Crippen LogP contribution in [0.3, 0.4) is 0 Å². The largest absolute Gasteiger partial charge is 0.340 e. The minimum Gasteiger partial charge on any atom is -0.340 e. The molecule has 2 aromatic rings. The van der Waals surface area contributed by atoms with Gasteiger partial charge in [-0.15, -0.1) is 0 Å². The zero-order valence-corrected chi connectivity index (χ0v) is 12.8. The van der Waals surface area contributed by atoms with E-state index in [0.717, 1.165) is 5.56 Å². The van der Waals surface area contributed by atoms with E-state index < -0.39 is 0 Å². The van der Waals surface area contributed by atoms with Crippen LogP contribution < -0.4 is 5.32 Å². The molecular formula is C15H17N5O2. The summed E-state index contributed by atoms with van der Waals surface area (Å²) in [6.07, 6.45) is 0.513. The Hall–Kier alpha value is -2.88. The van der Waals surface area contributed by atoms with Crippen molar-refractivity contribution in [1.29, 1.82) is 5.26 Å². The molecule has 0 aliphatic heterocycles. The number of likely N-dealkylation sites (N-methyl/N-ethyl adjacent to an activating group) is 1. The second-order valence-electron chi connectivity index (χ2n) is 4.97. The maximum Gasteiger partial charge on any atom is 0.321 e. The Balaban J connectivity index is 1.92. The molecule has 1 aromatic carbocycles. The third-order valence-corrected chi connectivity index (χ3v) is 3.20. The molecule has 1 N–H and O–H groups in total. The van der Waals surface area contributed by atoms with E-state index in [1.165, 1.54) is 4.90 Å². The minimum absolute atomic E-state index is 0.257. The Morgan fingerprint density at radius 2 is 2.23 bits per heavy atom. The second-order valence-corrected chi connectivity index (χ2v) is 4.97. The number of urea groups is 1. The van der Waals surface area contributed by atoms with Crippen molar-refractivity contribution in [3.8, 4) is 6.07 Å². The predicted molar refractivity (Wildman–Crippen MR) is 80.3 cm³/mol. The number of aromatic nitrogens is 2. The smallest absolute Gasteiger partial charge is 0.321 e. The normalized spacial score (nSPS) is 10.1. The fourth-order valence-electron chi connectivity index (χ4n) is 1.85. The quantitative estimate of drug-likeness (QED) is 0.934. The van der Waals surface area contributed by atoms with Crippen LogP contribution >= 0.6 is 0 Å². The van der Waals surface area contributed by atoms with Gasteiger partial charge >= 0.3 is 6.03 Å². The van der Waals surface area contributed by atoms with Gasteiger partial charge < -0.3 is 14.7 Å². The molecule has 1 heterocycles. The Morgan fingerprint density at radius 1 is 1.45 bits per heavy atom. The van der Waals surface area contributed by atoms with Gasteiger partial charge in [0, 0.05) is 32.6 Å². The summed E-state index contributed by atoms with van der Waals surface area (Å²) in [5.74, 6) is 1.07. The zero-order valence-electron chi connectivity index (χ0n) is 12.8. The van der Waals surface area contributed by atoms with Crippen LogP contribution in [-0.2, 0) is 6.42 Å². The van der Waals surface area contributed by atoms with Gasteiger partial charge in [-0.1, -0.05) is 11.2 Å². The van der Waals surface area contributed by atoms with Crippen molar-refractivity contribution in [2.24, 2.45) is 0 Å². The van der Waals surface area contributed by atoms with Gasteiger partial charge in [0.25, 0.3) is 0 Å². The van der Waals surface area contributed by atoms with Crippen molar-refractivity contribution in [1.82, 2.24) is 15.0 Å². The van der Waals surface area contributed by atoms with Gasteiger partial charge in [-0.2, -0.15) is 10.2 Å². The lowest BCUT2D eigenvalue weighted by Gasteiger charge is -2.17. The molecule has 0 saturated carbocycles. The maximum absolute atomic E-state index is 12.1. The first-order chi connectivity index (χ1) is 10.5. The number of nitriles is 1. The van der Waals surface area contributed by atoms with Crippen molar-refractivity contribution in [2.75, 3.05) is 18.9 Å². The summed E-state index contributed by atoms with van der Waals surface area (Å²) < 4.78 is 4.88. The Bertz CT molecular complexity index is 717. The van der Waals surface area contributed by atoms with Crippen LogP contribution in [0.1, 0.15) is 22.8 Å². The standard InChI is InChI=1S/C15H17N5O2/c1-10-4-5-13(8-12(10)9-16)18-15(21)20(3)7-6-14-17-11(2)22-19-14/h4-5,8H,6-7H2,1-3H3,(H,18,21). The number of carbonyl (C=O) groups excluding carboxylic acids is 1. The fourth-order valence-corrected chi connectivity index (χ4v) is 1.85. The van der Waals surface area contributed by atoms with Crippen molar-refractivity contribution in [3.63, 3.8) is 0 Å². The molecule has 0 bridgehead atoms. The highest BCUT2D eigenvalue weighted by atomic mass is 16.5. The van der Waals surface area contributed by atoms with E-state index >= 15 is 0 Å². The molecule has 2 amide bonds. The Kier molecular flexibility index (Phi) is 4.73. The molecule has 0 aliphatic carbocycles. The molecule has 7 heteroatoms. The van der Waals surface area contributed by atoms with Gasteiger partial charge in [0.05, 0.1) is 11.6 Å². The van der Waals surface area contributed by atoms with Crippen LogP contribution in [0.15, 0.2) is 22.7 Å². The van der Waals surface area contributed by atoms with Crippen LogP contribution in [0.5, 0.6) is 0 Å². The number of carbonyl (C=O) groups is 1. The van der Waals surface area contributed by atoms with Gasteiger partial charge in [0.15, 0.2) is 5.82 Å². The Morgan fingerprint density at radius 3 is 2.86 bits per heavy atom. The van der Waals surface area contributed by atoms with Gasteiger partial charge in [-0.25, -0.2) is 4.79 Å². The number of nitrogens with one attached hydrogen (secondary N) is 1. The lowest BCUT2D eigenvalue weighted by Crippen LogP contribution is -2.33. The lowest BCUT2D eigenvalue weighted by atomic mass is 10.1. The summed E-state index contributed by atoms with van der Waals surface area (Å²) in [7, 11) is 1.68. The molecule has 0 atom stereocenters. The molecular weight excluding hydrogens is 282 g/mol. The van der Waals surface area contributed by atoms with Crippen LogP contribution in [-0.4, -0.2) is 34.7 Å². The zero-order chi connectivity index (χ0) is 16.1. The van der Waals surface area contributed by atoms with Crippen molar-refractivity contribution in [2.45, 2.75) is 20.3 Å². The Labute approximate surface area is 128 Å². The highest BCUT2D eigenvalue weighted by Gasteiger charge is 2.11. The van der Waals surface area contributed by atoms with E-state index in [-0.39, 0.29) is 6.03 Å². The average molecular weight is 299 g/mol. The first-order valence-electron chi connectivity index (χ1n) is 6.81. The van der Waals surface area contributed by atoms with E-state index in [2.05, 4.69) is 21.5 Å². The second kappa shape index (κ2) is 6.72. The minimum atomic E-state index is -0.257. The van der Waals surface area contributed by atoms with E-state index in [4.69, 9.17) is 9.78 Å². The SMILES string of the molecule is Cc1nc(CCN(C)C(=O)Nc2ccc(C)c(C#N)c2)no1. The molecule has 7 nitrogen and oxygen atoms in total. The lowest BCUT2D eigenvalue weighted by molar-refractivity contribution is 0.222. The van der Waals surface area contributed by atoms with Gasteiger partial charge in [-0.05, 0) is 24.6 Å². The predicted octanol–water partition coefficient (Wildman–Crippen LogP) is 2.26. The summed E-state index contributed by atoms with van der Waals surface area (Å²) in [5, 5.41) is 15.5. The van der Waals surface area contributed by atoms with E-state index in [1.54, 1.807) is 32.2 Å². The number of nitrogens with zero attached hydrogens (tertiary/aromatic N) is 4. The van der Waals surface area contributed by atoms with E-state index in [9.17, 15) is 4.79 Å². The number of benzene rings is 1. The molecule has 0 saturated heterocycles. The van der Waals surface area contributed by atoms with Crippen LogP contribution in [0.2, 0.25) is 0 Å². The van der Waals surface area contributed by atoms with E-state index in [0.29, 0.717) is 35.9 Å². The molecule has 0 fully saturated rings. The highest BCUT2D eigenvalue weighted by molar-refractivity contribution is 5.89. The van der Waals surface area contributed by atoms with Gasteiger partial charge in [0.2, 0.25) is 5.89 Å². The molecule has 0 unspecified atom stereocenters. The van der Waals surface area contributed by atoms with Gasteiger partial charge in [-0.3, -0.25) is 0 Å². The van der Waals surface area contributed by atoms with E-state index in [1.807, 2.05) is 6.92 Å². The number of aryl methyl sites for hydroxylation is 2. The van der Waals surface area contributed by atoms with Crippen LogP contribution in [0, 0.1) is 25.2 Å². The summed E-state index contributed by atoms with van der Waals surface area (Å²) in [5.41, 5.74) is 2.01. The number of amides is 2. The molecule has 2 rings (SSSR count). The first kappa shape index (κ1) is 15.5. The summed E-state index contributed by atoms with van der Waals surface area (Å²) in [6, 6.07) is 7.07. The molecule has 114 valence electrons. The molecule has 22 heavy (non-hydrogen) atoms. The topological polar surface area (TPSA) is 95.1 Å². The van der Waals surface area contributed by atoms with Crippen LogP contribution in [0.25, 0.3) is 0 Å². The van der Waals surface area contributed by atoms with Crippen molar-refractivity contribution < 1.29 is 9.32 Å². The van der Waals surface area contributed by atoms with Crippen LogP contribution in [0.4, 0.5) is 10.5 Å². The number of hydrogen-bond donors (Lipinski definition) is 1. The van der Waals surface area contributed by atoms with Gasteiger partial charge in [0.1, 0.15) is 0 Å². The molecule has 0 radical (unpaired) electrons. The number of anilines is 1. The summed E-state index contributed by atoms with van der Waals surface area (Å²) in [4.78, 5) is 17.7. The maximum atomic E-state index is 12.1. The molecule has 0 spiro atoms. The number of rotatable bonds is 4. The summed E-state index contributed by atoms with van der Waals surface area (Å²) in [6.45, 7) is 4.03. The monoisotopic (exact) mass is 299 g/mol. The fraction of sp³-hybridized carbons (Fsp3) is 0.333. The highest BCUT2D eigenvalue weighted by Crippen LogP contribution is 2.14. The van der Waals surface area contributed by atoms with Crippen molar-refractivity contribution in [3.05, 3.63) is 41.0 Å².